The number of pyridine rings is 3. The first-order chi connectivity index (χ1) is 16.5. The molecule has 2 N–H and O–H groups in total. The Morgan fingerprint density at radius 2 is 2.06 bits per heavy atom. The summed E-state index contributed by atoms with van der Waals surface area (Å²) in [5.41, 5.74) is 4.80. The van der Waals surface area contributed by atoms with E-state index in [1.54, 1.807) is 17.3 Å². The molecular weight excluding hydrogens is 428 g/mol. The molecule has 3 aromatic heterocycles. The van der Waals surface area contributed by atoms with Crippen LogP contribution in [0.15, 0.2) is 48.8 Å². The Bertz CT molecular complexity index is 1200. The van der Waals surface area contributed by atoms with Gasteiger partial charge >= 0.3 is 6.03 Å². The fourth-order valence-corrected chi connectivity index (χ4v) is 4.71. The third-order valence-electron chi connectivity index (χ3n) is 6.66. The maximum Gasteiger partial charge on any atom is 0.329 e. The van der Waals surface area contributed by atoms with Crippen LogP contribution in [0.1, 0.15) is 31.0 Å². The number of hydrogen-bond donors (Lipinski definition) is 2. The Labute approximate surface area is 199 Å². The molecule has 1 saturated heterocycles. The Balaban J connectivity index is 1.41. The quantitative estimate of drug-likeness (QED) is 0.579. The van der Waals surface area contributed by atoms with Gasteiger partial charge in [0.25, 0.3) is 0 Å². The topological polar surface area (TPSA) is 94.5 Å². The number of carbonyl (C=O) groups excluding carboxylic acids is 1. The van der Waals surface area contributed by atoms with Gasteiger partial charge in [-0.2, -0.15) is 0 Å². The fraction of sp³-hybridized carbons (Fsp3) is 0.385. The summed E-state index contributed by atoms with van der Waals surface area (Å²) in [4.78, 5) is 31.2. The van der Waals surface area contributed by atoms with E-state index in [0.717, 1.165) is 60.6 Å². The van der Waals surface area contributed by atoms with Gasteiger partial charge in [-0.3, -0.25) is 15.2 Å². The zero-order valence-corrected chi connectivity index (χ0v) is 19.6. The lowest BCUT2D eigenvalue weighted by molar-refractivity contribution is 0.230. The van der Waals surface area contributed by atoms with Crippen molar-refractivity contribution in [1.82, 2.24) is 15.0 Å². The molecule has 5 heterocycles. The molecule has 2 atom stereocenters. The fourth-order valence-electron chi connectivity index (χ4n) is 4.71. The summed E-state index contributed by atoms with van der Waals surface area (Å²) in [6.07, 6.45) is 6.11. The molecular formula is C26H30N6O2. The molecule has 5 rings (SSSR count). The van der Waals surface area contributed by atoms with Crippen LogP contribution in [0, 0.1) is 12.8 Å². The summed E-state index contributed by atoms with van der Waals surface area (Å²) in [6.45, 7) is 5.88. The molecule has 3 aromatic rings. The van der Waals surface area contributed by atoms with Gasteiger partial charge < -0.3 is 10.0 Å². The van der Waals surface area contributed by atoms with Gasteiger partial charge in [0, 0.05) is 43.3 Å². The lowest BCUT2D eigenvalue weighted by Crippen LogP contribution is -2.48. The van der Waals surface area contributed by atoms with Gasteiger partial charge in [0.1, 0.15) is 5.82 Å². The minimum absolute atomic E-state index is 0.0722. The molecule has 8 nitrogen and oxygen atoms in total. The van der Waals surface area contributed by atoms with Crippen molar-refractivity contribution in [3.05, 3.63) is 60.0 Å². The van der Waals surface area contributed by atoms with Crippen molar-refractivity contribution in [3.8, 4) is 11.3 Å². The number of fused-ring (bicyclic) bond motifs is 4. The van der Waals surface area contributed by atoms with Crippen LogP contribution in [-0.2, 0) is 6.42 Å². The lowest BCUT2D eigenvalue weighted by Gasteiger charge is -2.35. The van der Waals surface area contributed by atoms with Crippen LogP contribution in [-0.4, -0.2) is 51.8 Å². The van der Waals surface area contributed by atoms with Crippen LogP contribution in [0.25, 0.3) is 11.3 Å². The average molecular weight is 459 g/mol. The van der Waals surface area contributed by atoms with Gasteiger partial charge in [0.15, 0.2) is 5.82 Å². The molecule has 0 aromatic carbocycles. The number of hydrogen-bond acceptors (Lipinski definition) is 6. The molecule has 176 valence electrons. The summed E-state index contributed by atoms with van der Waals surface area (Å²) in [7, 11) is 0. The summed E-state index contributed by atoms with van der Waals surface area (Å²) in [6, 6.07) is 11.8. The van der Waals surface area contributed by atoms with Crippen LogP contribution in [0.3, 0.4) is 0 Å². The van der Waals surface area contributed by atoms with Crippen molar-refractivity contribution in [2.45, 2.75) is 39.2 Å². The summed E-state index contributed by atoms with van der Waals surface area (Å²) in [5, 5.41) is 12.3. The number of amides is 2. The molecule has 8 heteroatoms. The zero-order valence-electron chi connectivity index (χ0n) is 19.6. The molecule has 2 aliphatic heterocycles. The second-order valence-corrected chi connectivity index (χ2v) is 9.29. The van der Waals surface area contributed by atoms with Crippen molar-refractivity contribution >= 4 is 23.4 Å². The largest absolute Gasteiger partial charge is 0.396 e. The number of rotatable bonds is 6. The Kier molecular flexibility index (Phi) is 6.15. The highest BCUT2D eigenvalue weighted by atomic mass is 16.3. The van der Waals surface area contributed by atoms with E-state index >= 15 is 0 Å². The van der Waals surface area contributed by atoms with Gasteiger partial charge in [-0.05, 0) is 74.1 Å². The van der Waals surface area contributed by atoms with Crippen molar-refractivity contribution in [1.29, 1.82) is 0 Å². The number of nitrogens with one attached hydrogen (secondary N) is 1. The Morgan fingerprint density at radius 3 is 2.88 bits per heavy atom. The van der Waals surface area contributed by atoms with Gasteiger partial charge in [0.05, 0.1) is 17.4 Å². The molecule has 0 unspecified atom stereocenters. The van der Waals surface area contributed by atoms with E-state index in [9.17, 15) is 9.90 Å². The number of aliphatic hydroxyl groups is 1. The standard InChI is InChI=1S/C26H30N6O2/c1-17(16-33)3-4-19-7-10-28-24(14-19)30-26(34)32-21-9-12-31(15-21)23-6-5-22(29-25(23)32)20-8-11-27-18(2)13-20/h5-8,10-11,13-14,17,21,33H,3-4,9,12,15-16H2,1-2H3,(H,28,30,34)/t17-,21+/m1/s1. The zero-order chi connectivity index (χ0) is 23.7. The predicted octanol–water partition coefficient (Wildman–Crippen LogP) is 4.04. The van der Waals surface area contributed by atoms with Crippen LogP contribution >= 0.6 is 0 Å². The molecule has 0 spiro atoms. The monoisotopic (exact) mass is 458 g/mol. The van der Waals surface area contributed by atoms with Crippen molar-refractivity contribution in [3.63, 3.8) is 0 Å². The van der Waals surface area contributed by atoms with Crippen LogP contribution in [0.2, 0.25) is 0 Å². The first-order valence-electron chi connectivity index (χ1n) is 11.9. The van der Waals surface area contributed by atoms with Crippen molar-refractivity contribution in [2.24, 2.45) is 5.92 Å². The molecule has 1 fully saturated rings. The van der Waals surface area contributed by atoms with Crippen molar-refractivity contribution < 1.29 is 9.90 Å². The number of aliphatic hydroxyl groups excluding tert-OH is 1. The van der Waals surface area contributed by atoms with E-state index in [-0.39, 0.29) is 24.6 Å². The normalized spacial score (nSPS) is 17.4. The van der Waals surface area contributed by atoms with Crippen LogP contribution in [0.5, 0.6) is 0 Å². The number of carbonyl (C=O) groups is 1. The third-order valence-corrected chi connectivity index (χ3v) is 6.66. The molecule has 0 radical (unpaired) electrons. The number of anilines is 3. The number of aromatic nitrogens is 3. The highest BCUT2D eigenvalue weighted by Crippen LogP contribution is 2.40. The predicted molar refractivity (Wildman–Crippen MR) is 133 cm³/mol. The van der Waals surface area contributed by atoms with Crippen molar-refractivity contribution in [2.75, 3.05) is 34.8 Å². The van der Waals surface area contributed by atoms with Gasteiger partial charge in [0.2, 0.25) is 0 Å². The van der Waals surface area contributed by atoms with E-state index in [2.05, 4.69) is 26.3 Å². The molecule has 0 saturated carbocycles. The summed E-state index contributed by atoms with van der Waals surface area (Å²) >= 11 is 0. The number of urea groups is 1. The minimum Gasteiger partial charge on any atom is -0.396 e. The number of aryl methyl sites for hydroxylation is 2. The highest BCUT2D eigenvalue weighted by molar-refractivity contribution is 6.04. The smallest absolute Gasteiger partial charge is 0.329 e. The Morgan fingerprint density at radius 1 is 1.21 bits per heavy atom. The maximum absolute atomic E-state index is 13.5. The highest BCUT2D eigenvalue weighted by Gasteiger charge is 2.40. The lowest BCUT2D eigenvalue weighted by atomic mass is 10.0. The van der Waals surface area contributed by atoms with E-state index in [1.165, 1.54) is 0 Å². The van der Waals surface area contributed by atoms with Gasteiger partial charge in [-0.1, -0.05) is 6.92 Å². The molecule has 2 bridgehead atoms. The second-order valence-electron chi connectivity index (χ2n) is 9.29. The summed E-state index contributed by atoms with van der Waals surface area (Å²) in [5.74, 6) is 1.46. The van der Waals surface area contributed by atoms with E-state index in [1.807, 2.05) is 44.2 Å². The van der Waals surface area contributed by atoms with E-state index in [4.69, 9.17) is 4.98 Å². The molecule has 2 amide bonds. The second kappa shape index (κ2) is 9.38. The summed E-state index contributed by atoms with van der Waals surface area (Å²) < 4.78 is 0. The van der Waals surface area contributed by atoms with E-state index < -0.39 is 0 Å². The number of nitrogens with zero attached hydrogens (tertiary/aromatic N) is 5. The Hall–Kier alpha value is -3.52. The average Bonchev–Trinajstić information content (AvgIpc) is 3.26. The van der Waals surface area contributed by atoms with Crippen LogP contribution < -0.4 is 15.1 Å². The molecule has 0 aliphatic carbocycles. The van der Waals surface area contributed by atoms with Gasteiger partial charge in [-0.25, -0.2) is 14.8 Å². The molecule has 34 heavy (non-hydrogen) atoms. The molecule has 2 aliphatic rings. The van der Waals surface area contributed by atoms with E-state index in [0.29, 0.717) is 11.6 Å². The first-order valence-corrected chi connectivity index (χ1v) is 11.9. The maximum atomic E-state index is 13.5. The van der Waals surface area contributed by atoms with Gasteiger partial charge in [-0.15, -0.1) is 0 Å². The first kappa shape index (κ1) is 22.3. The third kappa shape index (κ3) is 4.46. The van der Waals surface area contributed by atoms with Crippen LogP contribution in [0.4, 0.5) is 22.1 Å². The SMILES string of the molecule is Cc1cc(-c2ccc3c(n2)N(C(=O)Nc2cc(CC[C@@H](C)CO)ccn2)[C@H]2CCN3C2)ccn1. The minimum atomic E-state index is -0.211.